The topological polar surface area (TPSA) is 106 Å². The first-order valence-corrected chi connectivity index (χ1v) is 6.01. The van der Waals surface area contributed by atoms with Gasteiger partial charge in [0, 0.05) is 6.54 Å². The second kappa shape index (κ2) is 5.85. The number of carbonyl (C=O) groups excluding carboxylic acids is 1. The highest BCUT2D eigenvalue weighted by Crippen LogP contribution is 2.17. The molecule has 1 aliphatic rings. The van der Waals surface area contributed by atoms with Gasteiger partial charge >= 0.3 is 5.97 Å². The van der Waals surface area contributed by atoms with Gasteiger partial charge in [-0.15, -0.1) is 0 Å². The molecule has 1 aromatic rings. The molecular weight excluding hydrogens is 252 g/mol. The highest BCUT2D eigenvalue weighted by atomic mass is 16.5. The van der Waals surface area contributed by atoms with Crippen molar-refractivity contribution in [2.75, 3.05) is 19.8 Å². The maximum absolute atomic E-state index is 12.3. The van der Waals surface area contributed by atoms with Gasteiger partial charge in [-0.05, 0) is 12.1 Å². The van der Waals surface area contributed by atoms with Gasteiger partial charge in [-0.2, -0.15) is 0 Å². The molecule has 104 valence electrons. The van der Waals surface area contributed by atoms with Crippen molar-refractivity contribution in [3.63, 3.8) is 0 Å². The van der Waals surface area contributed by atoms with E-state index >= 15 is 0 Å². The van der Waals surface area contributed by atoms with Crippen LogP contribution in [0.3, 0.4) is 0 Å². The van der Waals surface area contributed by atoms with Crippen LogP contribution in [0.2, 0.25) is 0 Å². The number of nitrogens with zero attached hydrogens (tertiary/aromatic N) is 1. The number of furan rings is 1. The Hall–Kier alpha value is -1.86. The van der Waals surface area contributed by atoms with Crippen LogP contribution in [-0.4, -0.2) is 47.7 Å². The SMILES string of the molecule is NCc1ccc(C(=O)N2CCOCC2CC(=O)O)o1. The summed E-state index contributed by atoms with van der Waals surface area (Å²) >= 11 is 0. The molecule has 0 bridgehead atoms. The molecule has 1 fully saturated rings. The van der Waals surface area contributed by atoms with E-state index in [0.29, 0.717) is 18.9 Å². The molecule has 0 radical (unpaired) electrons. The van der Waals surface area contributed by atoms with Crippen molar-refractivity contribution < 1.29 is 23.8 Å². The van der Waals surface area contributed by atoms with E-state index in [1.165, 1.54) is 4.90 Å². The third kappa shape index (κ3) is 3.12. The van der Waals surface area contributed by atoms with Crippen molar-refractivity contribution in [2.45, 2.75) is 19.0 Å². The summed E-state index contributed by atoms with van der Waals surface area (Å²) in [5.74, 6) is -0.589. The molecule has 0 aliphatic carbocycles. The van der Waals surface area contributed by atoms with Gasteiger partial charge < -0.3 is 24.9 Å². The van der Waals surface area contributed by atoms with Gasteiger partial charge in [0.15, 0.2) is 5.76 Å². The van der Waals surface area contributed by atoms with Gasteiger partial charge in [0.2, 0.25) is 0 Å². The summed E-state index contributed by atoms with van der Waals surface area (Å²) in [6.07, 6.45) is -0.143. The summed E-state index contributed by atoms with van der Waals surface area (Å²) < 4.78 is 10.5. The maximum Gasteiger partial charge on any atom is 0.305 e. The maximum atomic E-state index is 12.3. The van der Waals surface area contributed by atoms with Crippen LogP contribution in [0.4, 0.5) is 0 Å². The number of carboxylic acid groups (broad SMARTS) is 1. The monoisotopic (exact) mass is 268 g/mol. The smallest absolute Gasteiger partial charge is 0.305 e. The fraction of sp³-hybridized carbons (Fsp3) is 0.500. The fourth-order valence-corrected chi connectivity index (χ4v) is 2.04. The van der Waals surface area contributed by atoms with Crippen LogP contribution in [0.25, 0.3) is 0 Å². The molecule has 0 spiro atoms. The fourth-order valence-electron chi connectivity index (χ4n) is 2.04. The van der Waals surface area contributed by atoms with Gasteiger partial charge in [-0.25, -0.2) is 0 Å². The number of amides is 1. The van der Waals surface area contributed by atoms with Crippen molar-refractivity contribution in [3.05, 3.63) is 23.7 Å². The summed E-state index contributed by atoms with van der Waals surface area (Å²) in [4.78, 5) is 24.5. The highest BCUT2D eigenvalue weighted by Gasteiger charge is 2.31. The molecule has 0 aromatic carbocycles. The van der Waals surface area contributed by atoms with E-state index in [9.17, 15) is 9.59 Å². The Balaban J connectivity index is 2.12. The average molecular weight is 268 g/mol. The molecule has 2 heterocycles. The number of hydrogen-bond acceptors (Lipinski definition) is 5. The summed E-state index contributed by atoms with van der Waals surface area (Å²) in [6, 6.07) is 2.72. The molecule has 1 atom stereocenters. The first-order valence-electron chi connectivity index (χ1n) is 6.01. The Morgan fingerprint density at radius 1 is 1.47 bits per heavy atom. The molecule has 7 nitrogen and oxygen atoms in total. The van der Waals surface area contributed by atoms with Crippen molar-refractivity contribution in [2.24, 2.45) is 5.73 Å². The van der Waals surface area contributed by atoms with Crippen molar-refractivity contribution >= 4 is 11.9 Å². The highest BCUT2D eigenvalue weighted by molar-refractivity contribution is 5.92. The Morgan fingerprint density at radius 3 is 2.89 bits per heavy atom. The van der Waals surface area contributed by atoms with Crippen LogP contribution in [0, 0.1) is 0 Å². The van der Waals surface area contributed by atoms with Crippen LogP contribution in [0.5, 0.6) is 0 Å². The van der Waals surface area contributed by atoms with Crippen LogP contribution in [-0.2, 0) is 16.1 Å². The van der Waals surface area contributed by atoms with Crippen LogP contribution < -0.4 is 5.73 Å². The third-order valence-electron chi connectivity index (χ3n) is 2.97. The number of morpholine rings is 1. The second-order valence-corrected chi connectivity index (χ2v) is 4.30. The molecule has 19 heavy (non-hydrogen) atoms. The Kier molecular flexibility index (Phi) is 4.18. The van der Waals surface area contributed by atoms with Gasteiger partial charge in [-0.1, -0.05) is 0 Å². The first kappa shape index (κ1) is 13.6. The lowest BCUT2D eigenvalue weighted by Crippen LogP contribution is -2.49. The lowest BCUT2D eigenvalue weighted by molar-refractivity contribution is -0.139. The van der Waals surface area contributed by atoms with E-state index in [1.54, 1.807) is 12.1 Å². The van der Waals surface area contributed by atoms with Gasteiger partial charge in [0.1, 0.15) is 5.76 Å². The average Bonchev–Trinajstić information content (AvgIpc) is 2.86. The zero-order valence-electron chi connectivity index (χ0n) is 10.4. The Labute approximate surface area is 109 Å². The van der Waals surface area contributed by atoms with E-state index in [0.717, 1.165) is 0 Å². The van der Waals surface area contributed by atoms with Gasteiger partial charge in [-0.3, -0.25) is 9.59 Å². The van der Waals surface area contributed by atoms with Crippen molar-refractivity contribution in [1.82, 2.24) is 4.90 Å². The number of carbonyl (C=O) groups is 2. The van der Waals surface area contributed by atoms with Crippen molar-refractivity contribution in [3.8, 4) is 0 Å². The van der Waals surface area contributed by atoms with Crippen LogP contribution in [0.15, 0.2) is 16.5 Å². The van der Waals surface area contributed by atoms with Crippen LogP contribution >= 0.6 is 0 Å². The van der Waals surface area contributed by atoms with E-state index in [1.807, 2.05) is 0 Å². The van der Waals surface area contributed by atoms with Crippen molar-refractivity contribution in [1.29, 1.82) is 0 Å². The molecule has 7 heteroatoms. The number of nitrogens with two attached hydrogens (primary N) is 1. The molecule has 1 aliphatic heterocycles. The van der Waals surface area contributed by atoms with Gasteiger partial charge in [0.05, 0.1) is 32.2 Å². The summed E-state index contributed by atoms with van der Waals surface area (Å²) in [5, 5.41) is 8.84. The number of carboxylic acids is 1. The molecule has 1 unspecified atom stereocenters. The summed E-state index contributed by atoms with van der Waals surface area (Å²) in [5.41, 5.74) is 5.42. The molecule has 1 amide bonds. The lowest BCUT2D eigenvalue weighted by atomic mass is 10.1. The van der Waals surface area contributed by atoms with Crippen LogP contribution in [0.1, 0.15) is 22.7 Å². The molecule has 2 rings (SSSR count). The molecule has 1 saturated heterocycles. The molecule has 0 saturated carbocycles. The minimum Gasteiger partial charge on any atom is -0.481 e. The number of aliphatic carboxylic acids is 1. The lowest BCUT2D eigenvalue weighted by Gasteiger charge is -2.34. The number of rotatable bonds is 4. The summed E-state index contributed by atoms with van der Waals surface area (Å²) in [6.45, 7) is 1.19. The Bertz CT molecular complexity index is 470. The van der Waals surface area contributed by atoms with E-state index < -0.39 is 12.0 Å². The predicted octanol–water partition coefficient (Wildman–Crippen LogP) is 0.0540. The normalized spacial score (nSPS) is 19.4. The van der Waals surface area contributed by atoms with E-state index in [4.69, 9.17) is 20.0 Å². The number of ether oxygens (including phenoxy) is 1. The van der Waals surface area contributed by atoms with E-state index in [-0.39, 0.29) is 31.2 Å². The largest absolute Gasteiger partial charge is 0.481 e. The van der Waals surface area contributed by atoms with E-state index in [2.05, 4.69) is 0 Å². The Morgan fingerprint density at radius 2 is 2.26 bits per heavy atom. The zero-order valence-corrected chi connectivity index (χ0v) is 10.4. The molecular formula is C12H16N2O5. The minimum atomic E-state index is -0.963. The minimum absolute atomic E-state index is 0.143. The second-order valence-electron chi connectivity index (χ2n) is 4.30. The molecule has 3 N–H and O–H groups in total. The summed E-state index contributed by atoms with van der Waals surface area (Å²) in [7, 11) is 0. The van der Waals surface area contributed by atoms with Gasteiger partial charge in [0.25, 0.3) is 5.91 Å². The third-order valence-corrected chi connectivity index (χ3v) is 2.97. The first-order chi connectivity index (χ1) is 9.11. The quantitative estimate of drug-likeness (QED) is 0.799. The molecule has 1 aromatic heterocycles. The number of hydrogen-bond donors (Lipinski definition) is 2. The predicted molar refractivity (Wildman–Crippen MR) is 64.5 cm³/mol. The zero-order chi connectivity index (χ0) is 13.8. The standard InChI is InChI=1S/C12H16N2O5/c13-6-9-1-2-10(19-9)12(17)14-3-4-18-7-8(14)5-11(15)16/h1-2,8H,3-7,13H2,(H,15,16).